The van der Waals surface area contributed by atoms with Crippen molar-refractivity contribution in [2.75, 3.05) is 0 Å². The summed E-state index contributed by atoms with van der Waals surface area (Å²) in [5.74, 6) is 4.59. The van der Waals surface area contributed by atoms with Crippen LogP contribution >= 0.6 is 0 Å². The second-order valence-electron chi connectivity index (χ2n) is 9.70. The number of unbranched alkanes of at least 4 members (excludes halogenated alkanes) is 2. The fourth-order valence-electron chi connectivity index (χ4n) is 5.86. The first kappa shape index (κ1) is 20.9. The van der Waals surface area contributed by atoms with Gasteiger partial charge in [-0.15, -0.1) is 0 Å². The van der Waals surface area contributed by atoms with Gasteiger partial charge in [-0.05, 0) is 86.7 Å². The summed E-state index contributed by atoms with van der Waals surface area (Å²) in [7, 11) is 0. The third-order valence-electron chi connectivity index (χ3n) is 8.04. The van der Waals surface area contributed by atoms with E-state index in [-0.39, 0.29) is 0 Å². The van der Waals surface area contributed by atoms with E-state index in [0.29, 0.717) is 5.92 Å². The molecule has 0 bridgehead atoms. The van der Waals surface area contributed by atoms with Crippen LogP contribution in [-0.2, 0) is 6.42 Å². The molecule has 2 saturated carbocycles. The maximum Gasteiger partial charge on any atom is 0.0434 e. The van der Waals surface area contributed by atoms with Gasteiger partial charge in [-0.1, -0.05) is 58.9 Å². The summed E-state index contributed by atoms with van der Waals surface area (Å²) in [5.41, 5.74) is 2.76. The van der Waals surface area contributed by atoms with Gasteiger partial charge in [0.25, 0.3) is 0 Å². The van der Waals surface area contributed by atoms with Gasteiger partial charge in [0, 0.05) is 17.8 Å². The minimum absolute atomic E-state index is 0.631. The molecule has 27 heavy (non-hydrogen) atoms. The number of rotatable bonds is 8. The van der Waals surface area contributed by atoms with Gasteiger partial charge in [-0.2, -0.15) is 0 Å². The molecule has 2 aliphatic rings. The quantitative estimate of drug-likeness (QED) is 0.424. The van der Waals surface area contributed by atoms with Crippen LogP contribution in [0.5, 0.6) is 0 Å². The van der Waals surface area contributed by atoms with Crippen LogP contribution in [0.1, 0.15) is 115 Å². The van der Waals surface area contributed by atoms with Gasteiger partial charge < -0.3 is 0 Å². The molecular weight excluding hydrogens is 326 g/mol. The maximum atomic E-state index is 4.86. The zero-order valence-electron chi connectivity index (χ0n) is 18.3. The molecule has 0 aliphatic heterocycles. The van der Waals surface area contributed by atoms with E-state index < -0.39 is 0 Å². The van der Waals surface area contributed by atoms with E-state index in [1.165, 1.54) is 94.7 Å². The standard InChI is InChI=1S/C26H43N/c1-4-6-7-8-22-11-18-26(27-19-22)20(3)23-14-16-25(17-15-23)24-12-9-21(5-2)10-13-24/h11,18-21,23-25H,4-10,12-17H2,1-3H3/t20?,21-,23?,24-,25?. The minimum Gasteiger partial charge on any atom is -0.261 e. The second-order valence-corrected chi connectivity index (χ2v) is 9.70. The van der Waals surface area contributed by atoms with E-state index in [2.05, 4.69) is 39.1 Å². The molecule has 1 nitrogen and oxygen atoms in total. The van der Waals surface area contributed by atoms with Crippen molar-refractivity contribution in [2.24, 2.45) is 23.7 Å². The van der Waals surface area contributed by atoms with Gasteiger partial charge in [0.1, 0.15) is 0 Å². The third kappa shape index (κ3) is 5.81. The molecule has 2 aliphatic carbocycles. The number of aromatic nitrogens is 1. The van der Waals surface area contributed by atoms with E-state index in [1.807, 2.05) is 0 Å². The zero-order valence-corrected chi connectivity index (χ0v) is 18.3. The van der Waals surface area contributed by atoms with Crippen molar-refractivity contribution in [1.29, 1.82) is 0 Å². The molecule has 3 rings (SSSR count). The third-order valence-corrected chi connectivity index (χ3v) is 8.04. The average Bonchev–Trinajstić information content (AvgIpc) is 2.74. The normalized spacial score (nSPS) is 30.2. The fraction of sp³-hybridized carbons (Fsp3) is 0.808. The average molecular weight is 370 g/mol. The lowest BCUT2D eigenvalue weighted by Gasteiger charge is -2.39. The highest BCUT2D eigenvalue weighted by Crippen LogP contribution is 2.44. The molecule has 0 aromatic carbocycles. The molecule has 1 heterocycles. The number of pyridine rings is 1. The first-order chi connectivity index (χ1) is 13.2. The van der Waals surface area contributed by atoms with E-state index in [1.54, 1.807) is 0 Å². The summed E-state index contributed by atoms with van der Waals surface area (Å²) in [4.78, 5) is 4.86. The van der Waals surface area contributed by atoms with Crippen molar-refractivity contribution >= 4 is 0 Å². The van der Waals surface area contributed by atoms with Gasteiger partial charge in [0.05, 0.1) is 0 Å². The van der Waals surface area contributed by atoms with Gasteiger partial charge in [-0.3, -0.25) is 4.98 Å². The van der Waals surface area contributed by atoms with Gasteiger partial charge >= 0.3 is 0 Å². The van der Waals surface area contributed by atoms with Crippen LogP contribution in [0.2, 0.25) is 0 Å². The van der Waals surface area contributed by atoms with Gasteiger partial charge in [0.2, 0.25) is 0 Å². The molecule has 2 fully saturated rings. The summed E-state index contributed by atoms with van der Waals surface area (Å²) in [6.45, 7) is 7.08. The van der Waals surface area contributed by atoms with E-state index in [9.17, 15) is 0 Å². The molecule has 1 aromatic heterocycles. The SMILES string of the molecule is CCCCCc1ccc(C(C)C2CCC([C@H]3CC[C@H](CC)CC3)CC2)nc1. The second kappa shape index (κ2) is 10.6. The summed E-state index contributed by atoms with van der Waals surface area (Å²) in [6.07, 6.45) is 20.6. The van der Waals surface area contributed by atoms with Crippen molar-refractivity contribution in [3.63, 3.8) is 0 Å². The van der Waals surface area contributed by atoms with Crippen LogP contribution in [0.25, 0.3) is 0 Å². The first-order valence-electron chi connectivity index (χ1n) is 12.2. The highest BCUT2D eigenvalue weighted by molar-refractivity contribution is 5.17. The Balaban J connectivity index is 1.45. The molecule has 1 heteroatoms. The smallest absolute Gasteiger partial charge is 0.0434 e. The first-order valence-corrected chi connectivity index (χ1v) is 12.2. The highest BCUT2D eigenvalue weighted by atomic mass is 14.7. The number of nitrogens with zero attached hydrogens (tertiary/aromatic N) is 1. The summed E-state index contributed by atoms with van der Waals surface area (Å²) < 4.78 is 0. The molecule has 0 amide bonds. The van der Waals surface area contributed by atoms with Crippen LogP contribution in [0.15, 0.2) is 18.3 Å². The van der Waals surface area contributed by atoms with Crippen molar-refractivity contribution in [1.82, 2.24) is 4.98 Å². The monoisotopic (exact) mass is 369 g/mol. The zero-order chi connectivity index (χ0) is 19.1. The van der Waals surface area contributed by atoms with Crippen LogP contribution in [0, 0.1) is 23.7 Å². The Bertz CT molecular complexity index is 518. The predicted octanol–water partition coefficient (Wildman–Crippen LogP) is 7.94. The summed E-state index contributed by atoms with van der Waals surface area (Å²) >= 11 is 0. The number of hydrogen-bond donors (Lipinski definition) is 0. The van der Waals surface area contributed by atoms with Crippen LogP contribution in [0.4, 0.5) is 0 Å². The molecule has 0 saturated heterocycles. The maximum absolute atomic E-state index is 4.86. The van der Waals surface area contributed by atoms with Gasteiger partial charge in [0.15, 0.2) is 0 Å². The lowest BCUT2D eigenvalue weighted by Crippen LogP contribution is -2.27. The Morgan fingerprint density at radius 3 is 2.11 bits per heavy atom. The lowest BCUT2D eigenvalue weighted by atomic mass is 9.67. The molecule has 0 N–H and O–H groups in total. The number of aryl methyl sites for hydroxylation is 1. The molecule has 1 atom stereocenters. The van der Waals surface area contributed by atoms with E-state index in [0.717, 1.165) is 23.7 Å². The van der Waals surface area contributed by atoms with Crippen LogP contribution < -0.4 is 0 Å². The summed E-state index contributed by atoms with van der Waals surface area (Å²) in [6, 6.07) is 4.66. The molecule has 1 unspecified atom stereocenters. The predicted molar refractivity (Wildman–Crippen MR) is 117 cm³/mol. The largest absolute Gasteiger partial charge is 0.261 e. The Morgan fingerprint density at radius 2 is 1.56 bits per heavy atom. The molecule has 0 spiro atoms. The Hall–Kier alpha value is -0.850. The van der Waals surface area contributed by atoms with Crippen LogP contribution in [-0.4, -0.2) is 4.98 Å². The minimum atomic E-state index is 0.631. The fourth-order valence-corrected chi connectivity index (χ4v) is 5.86. The molecule has 0 radical (unpaired) electrons. The van der Waals surface area contributed by atoms with E-state index in [4.69, 9.17) is 4.98 Å². The Labute approximate surface area is 168 Å². The van der Waals surface area contributed by atoms with Crippen molar-refractivity contribution in [2.45, 2.75) is 110 Å². The van der Waals surface area contributed by atoms with Gasteiger partial charge in [-0.25, -0.2) is 0 Å². The molecular formula is C26H43N. The van der Waals surface area contributed by atoms with Crippen molar-refractivity contribution < 1.29 is 0 Å². The number of hydrogen-bond acceptors (Lipinski definition) is 1. The molecule has 1 aromatic rings. The Morgan fingerprint density at radius 1 is 0.889 bits per heavy atom. The van der Waals surface area contributed by atoms with E-state index >= 15 is 0 Å². The van der Waals surface area contributed by atoms with Crippen molar-refractivity contribution in [3.05, 3.63) is 29.6 Å². The highest BCUT2D eigenvalue weighted by Gasteiger charge is 2.32. The topological polar surface area (TPSA) is 12.9 Å². The van der Waals surface area contributed by atoms with Crippen LogP contribution in [0.3, 0.4) is 0 Å². The lowest BCUT2D eigenvalue weighted by molar-refractivity contribution is 0.138. The molecule has 152 valence electrons. The van der Waals surface area contributed by atoms with Crippen molar-refractivity contribution in [3.8, 4) is 0 Å². The Kier molecular flexibility index (Phi) is 8.22. The summed E-state index contributed by atoms with van der Waals surface area (Å²) in [5, 5.41) is 0.